The van der Waals surface area contributed by atoms with Crippen molar-refractivity contribution in [2.45, 2.75) is 52.7 Å². The van der Waals surface area contributed by atoms with Gasteiger partial charge in [-0.1, -0.05) is 27.7 Å². The molecule has 5 nitrogen and oxygen atoms in total. The van der Waals surface area contributed by atoms with E-state index in [-0.39, 0.29) is 28.8 Å². The number of rotatable bonds is 4. The number of carbonyl (C=O) groups is 1. The summed E-state index contributed by atoms with van der Waals surface area (Å²) in [5.74, 6) is 0.0635. The first-order valence-electron chi connectivity index (χ1n) is 6.78. The molecule has 5 heteroatoms. The van der Waals surface area contributed by atoms with Gasteiger partial charge >= 0.3 is 0 Å². The third-order valence-corrected chi connectivity index (χ3v) is 4.52. The number of nitrogens with one attached hydrogen (secondary N) is 1. The maximum absolute atomic E-state index is 12.0. The van der Waals surface area contributed by atoms with Crippen molar-refractivity contribution in [2.24, 2.45) is 16.6 Å². The van der Waals surface area contributed by atoms with E-state index in [1.165, 1.54) is 0 Å². The van der Waals surface area contributed by atoms with Gasteiger partial charge in [0.1, 0.15) is 0 Å². The Bertz CT molecular complexity index is 434. The Labute approximate surface area is 114 Å². The Morgan fingerprint density at radius 1 is 1.37 bits per heavy atom. The highest BCUT2D eigenvalue weighted by atomic mass is 16.1. The molecule has 1 amide bonds. The highest BCUT2D eigenvalue weighted by molar-refractivity contribution is 5.76. The molecule has 0 bridgehead atoms. The molecule has 0 atom stereocenters. The fraction of sp³-hybridized carbons (Fsp3) is 0.714. The van der Waals surface area contributed by atoms with E-state index in [1.54, 1.807) is 10.9 Å². The fourth-order valence-electron chi connectivity index (χ4n) is 3.43. The SMILES string of the molecule is CC1(C)C(N)C(C)(C)C1NC(=O)CCn1cccn1. The molecule has 0 saturated heterocycles. The van der Waals surface area contributed by atoms with Crippen molar-refractivity contribution >= 4 is 5.91 Å². The Hall–Kier alpha value is -1.36. The van der Waals surface area contributed by atoms with Crippen LogP contribution in [0.2, 0.25) is 0 Å². The van der Waals surface area contributed by atoms with Gasteiger partial charge in [0, 0.05) is 48.3 Å². The van der Waals surface area contributed by atoms with Gasteiger partial charge in [-0.15, -0.1) is 0 Å². The topological polar surface area (TPSA) is 72.9 Å². The summed E-state index contributed by atoms with van der Waals surface area (Å²) < 4.78 is 1.77. The number of hydrogen-bond acceptors (Lipinski definition) is 3. The molecule has 1 fully saturated rings. The summed E-state index contributed by atoms with van der Waals surface area (Å²) >= 11 is 0. The lowest BCUT2D eigenvalue weighted by Crippen LogP contribution is -2.76. The Kier molecular flexibility index (Phi) is 3.43. The van der Waals surface area contributed by atoms with Crippen LogP contribution >= 0.6 is 0 Å². The second-order valence-electron chi connectivity index (χ2n) is 6.64. The van der Waals surface area contributed by atoms with E-state index in [0.717, 1.165) is 0 Å². The molecule has 0 aromatic carbocycles. The van der Waals surface area contributed by atoms with Crippen LogP contribution in [0.15, 0.2) is 18.5 Å². The minimum Gasteiger partial charge on any atom is -0.352 e. The van der Waals surface area contributed by atoms with Gasteiger partial charge in [-0.05, 0) is 6.07 Å². The summed E-state index contributed by atoms with van der Waals surface area (Å²) in [4.78, 5) is 12.0. The van der Waals surface area contributed by atoms with E-state index in [2.05, 4.69) is 38.1 Å². The molecule has 0 unspecified atom stereocenters. The van der Waals surface area contributed by atoms with Gasteiger partial charge in [0.2, 0.25) is 5.91 Å². The van der Waals surface area contributed by atoms with Crippen LogP contribution in [0.4, 0.5) is 0 Å². The molecule has 1 aliphatic rings. The Morgan fingerprint density at radius 2 is 2.00 bits per heavy atom. The molecular weight excluding hydrogens is 240 g/mol. The summed E-state index contributed by atoms with van der Waals surface area (Å²) in [6, 6.07) is 2.09. The molecule has 0 spiro atoms. The van der Waals surface area contributed by atoms with E-state index < -0.39 is 0 Å². The van der Waals surface area contributed by atoms with Gasteiger partial charge in [-0.3, -0.25) is 9.48 Å². The molecule has 2 rings (SSSR count). The standard InChI is InChI=1S/C14H24N4O/c1-13(2)11(15)14(3,4)12(13)17-10(19)6-9-18-8-5-7-16-18/h5,7-8,11-12H,6,9,15H2,1-4H3,(H,17,19). The van der Waals surface area contributed by atoms with Gasteiger partial charge < -0.3 is 11.1 Å². The van der Waals surface area contributed by atoms with Crippen LogP contribution in [-0.2, 0) is 11.3 Å². The number of amides is 1. The van der Waals surface area contributed by atoms with Gasteiger partial charge in [0.05, 0.1) is 0 Å². The maximum atomic E-state index is 12.0. The van der Waals surface area contributed by atoms with Crippen LogP contribution in [0.3, 0.4) is 0 Å². The van der Waals surface area contributed by atoms with Crippen molar-refractivity contribution in [3.63, 3.8) is 0 Å². The predicted molar refractivity (Wildman–Crippen MR) is 74.3 cm³/mol. The average molecular weight is 264 g/mol. The molecule has 1 saturated carbocycles. The van der Waals surface area contributed by atoms with E-state index in [1.807, 2.05) is 12.3 Å². The smallest absolute Gasteiger partial charge is 0.222 e. The molecule has 1 aliphatic carbocycles. The molecule has 1 heterocycles. The predicted octanol–water partition coefficient (Wildman–Crippen LogP) is 1.15. The molecular formula is C14H24N4O. The first-order chi connectivity index (χ1) is 8.76. The molecule has 106 valence electrons. The molecule has 19 heavy (non-hydrogen) atoms. The van der Waals surface area contributed by atoms with Crippen LogP contribution < -0.4 is 11.1 Å². The number of aryl methyl sites for hydroxylation is 1. The number of nitrogens with two attached hydrogens (primary N) is 1. The third-order valence-electron chi connectivity index (χ3n) is 4.52. The number of aromatic nitrogens is 2. The largest absolute Gasteiger partial charge is 0.352 e. The first kappa shape index (κ1) is 14.1. The van der Waals surface area contributed by atoms with Crippen molar-refractivity contribution in [2.75, 3.05) is 0 Å². The lowest BCUT2D eigenvalue weighted by Gasteiger charge is -2.62. The number of hydrogen-bond donors (Lipinski definition) is 2. The van der Waals surface area contributed by atoms with Gasteiger partial charge in [0.15, 0.2) is 0 Å². The Balaban J connectivity index is 1.89. The zero-order valence-electron chi connectivity index (χ0n) is 12.2. The average Bonchev–Trinajstić information content (AvgIpc) is 2.85. The normalized spacial score (nSPS) is 27.6. The van der Waals surface area contributed by atoms with Crippen LogP contribution in [0.1, 0.15) is 34.1 Å². The van der Waals surface area contributed by atoms with Crippen LogP contribution in [0.25, 0.3) is 0 Å². The van der Waals surface area contributed by atoms with E-state index in [4.69, 9.17) is 5.73 Å². The van der Waals surface area contributed by atoms with Crippen LogP contribution in [0, 0.1) is 10.8 Å². The fourth-order valence-corrected chi connectivity index (χ4v) is 3.43. The second kappa shape index (κ2) is 4.63. The lowest BCUT2D eigenvalue weighted by atomic mass is 9.48. The molecule has 0 aliphatic heterocycles. The summed E-state index contributed by atoms with van der Waals surface area (Å²) in [6.07, 6.45) is 4.02. The van der Waals surface area contributed by atoms with Crippen LogP contribution in [0.5, 0.6) is 0 Å². The molecule has 0 radical (unpaired) electrons. The zero-order chi connectivity index (χ0) is 14.3. The van der Waals surface area contributed by atoms with Gasteiger partial charge in [-0.2, -0.15) is 5.10 Å². The maximum Gasteiger partial charge on any atom is 0.222 e. The van der Waals surface area contributed by atoms with Crippen molar-refractivity contribution in [1.82, 2.24) is 15.1 Å². The minimum atomic E-state index is -0.0507. The summed E-state index contributed by atoms with van der Waals surface area (Å²) in [5.41, 5.74) is 6.08. The minimum absolute atomic E-state index is 0.0507. The lowest BCUT2D eigenvalue weighted by molar-refractivity contribution is -0.132. The third kappa shape index (κ3) is 2.39. The monoisotopic (exact) mass is 264 g/mol. The first-order valence-corrected chi connectivity index (χ1v) is 6.78. The van der Waals surface area contributed by atoms with Crippen molar-refractivity contribution in [1.29, 1.82) is 0 Å². The Morgan fingerprint density at radius 3 is 2.53 bits per heavy atom. The molecule has 1 aromatic heterocycles. The highest BCUT2D eigenvalue weighted by Crippen LogP contribution is 2.52. The highest BCUT2D eigenvalue weighted by Gasteiger charge is 2.60. The van der Waals surface area contributed by atoms with E-state index in [0.29, 0.717) is 13.0 Å². The summed E-state index contributed by atoms with van der Waals surface area (Å²) in [6.45, 7) is 9.06. The van der Waals surface area contributed by atoms with E-state index in [9.17, 15) is 4.79 Å². The van der Waals surface area contributed by atoms with Crippen molar-refractivity contribution in [3.8, 4) is 0 Å². The van der Waals surface area contributed by atoms with Gasteiger partial charge in [0.25, 0.3) is 0 Å². The number of carbonyl (C=O) groups excluding carboxylic acids is 1. The molecule has 1 aromatic rings. The number of nitrogens with zero attached hydrogens (tertiary/aromatic N) is 2. The molecule has 3 N–H and O–H groups in total. The zero-order valence-corrected chi connectivity index (χ0v) is 12.2. The van der Waals surface area contributed by atoms with Crippen molar-refractivity contribution < 1.29 is 4.79 Å². The summed E-state index contributed by atoms with van der Waals surface area (Å²) in [5, 5.41) is 7.22. The summed E-state index contributed by atoms with van der Waals surface area (Å²) in [7, 11) is 0. The second-order valence-corrected chi connectivity index (χ2v) is 6.64. The van der Waals surface area contributed by atoms with Crippen molar-refractivity contribution in [3.05, 3.63) is 18.5 Å². The quantitative estimate of drug-likeness (QED) is 0.857. The van der Waals surface area contributed by atoms with E-state index >= 15 is 0 Å². The van der Waals surface area contributed by atoms with Crippen LogP contribution in [-0.4, -0.2) is 27.8 Å². The van der Waals surface area contributed by atoms with Gasteiger partial charge in [-0.25, -0.2) is 0 Å².